The van der Waals surface area contributed by atoms with E-state index in [4.69, 9.17) is 4.84 Å². The van der Waals surface area contributed by atoms with E-state index < -0.39 is 23.3 Å². The Balaban J connectivity index is 5.01. The van der Waals surface area contributed by atoms with Crippen molar-refractivity contribution in [1.29, 1.82) is 0 Å². The van der Waals surface area contributed by atoms with Gasteiger partial charge < -0.3 is 5.32 Å². The monoisotopic (exact) mass is 300 g/mol. The minimum atomic E-state index is -0.876. The van der Waals surface area contributed by atoms with Crippen LogP contribution in [0, 0.1) is 0 Å². The van der Waals surface area contributed by atoms with Crippen molar-refractivity contribution < 1.29 is 19.2 Å². The minimum Gasteiger partial charge on any atom is -0.349 e. The molecule has 0 saturated heterocycles. The van der Waals surface area contributed by atoms with Crippen LogP contribution in [0.5, 0.6) is 0 Å². The summed E-state index contributed by atoms with van der Waals surface area (Å²) >= 11 is 0. The van der Waals surface area contributed by atoms with Crippen LogP contribution < -0.4 is 5.32 Å². The van der Waals surface area contributed by atoms with Gasteiger partial charge in [0.2, 0.25) is 12.2 Å². The number of hydrogen-bond acceptors (Lipinski definition) is 4. The van der Waals surface area contributed by atoms with Crippen molar-refractivity contribution in [3.8, 4) is 0 Å². The summed E-state index contributed by atoms with van der Waals surface area (Å²) in [6.07, 6.45) is 3.21. The maximum absolute atomic E-state index is 12.2. The van der Waals surface area contributed by atoms with E-state index >= 15 is 0 Å². The van der Waals surface area contributed by atoms with Crippen LogP contribution in [-0.2, 0) is 19.2 Å². The Hall–Kier alpha value is -1.43. The molecule has 1 atom stereocenters. The van der Waals surface area contributed by atoms with Gasteiger partial charge in [0.25, 0.3) is 5.91 Å². The summed E-state index contributed by atoms with van der Waals surface area (Å²) in [6.45, 7) is 9.66. The van der Waals surface area contributed by atoms with Crippen molar-refractivity contribution in [3.05, 3.63) is 0 Å². The minimum absolute atomic E-state index is 0.406. The summed E-state index contributed by atoms with van der Waals surface area (Å²) in [5.74, 6) is -1.30. The largest absolute Gasteiger partial charge is 0.349 e. The Kier molecular flexibility index (Phi) is 8.85. The van der Waals surface area contributed by atoms with Gasteiger partial charge in [-0.25, -0.2) is 5.06 Å². The van der Waals surface area contributed by atoms with Gasteiger partial charge in [-0.3, -0.25) is 19.2 Å². The highest BCUT2D eigenvalue weighted by molar-refractivity contribution is 6.38. The average Bonchev–Trinajstić information content (AvgIpc) is 2.42. The maximum Gasteiger partial charge on any atom is 0.289 e. The van der Waals surface area contributed by atoms with Crippen LogP contribution >= 0.6 is 0 Å². The number of amides is 2. The van der Waals surface area contributed by atoms with Crippen LogP contribution in [0.15, 0.2) is 0 Å². The number of Topliss-reactive ketones (excluding diaryl/α,β-unsaturated/α-hetero) is 1. The first-order valence-electron chi connectivity index (χ1n) is 7.51. The van der Waals surface area contributed by atoms with Gasteiger partial charge in [0.1, 0.15) is 6.04 Å². The van der Waals surface area contributed by atoms with E-state index in [2.05, 4.69) is 5.32 Å². The van der Waals surface area contributed by atoms with E-state index in [-0.39, 0.29) is 0 Å². The highest BCUT2D eigenvalue weighted by Gasteiger charge is 2.32. The number of hydroxylamine groups is 2. The molecule has 6 nitrogen and oxygen atoms in total. The third kappa shape index (κ3) is 7.80. The highest BCUT2D eigenvalue weighted by Crippen LogP contribution is 2.16. The molecule has 0 radical (unpaired) electrons. The SMILES string of the molecule is CCCC[C@@H](C(=O)C(=O)NCCC)N(C=O)OC(C)(C)C. The van der Waals surface area contributed by atoms with Crippen molar-refractivity contribution in [1.82, 2.24) is 10.4 Å². The van der Waals surface area contributed by atoms with Crippen molar-refractivity contribution in [3.63, 3.8) is 0 Å². The summed E-state index contributed by atoms with van der Waals surface area (Å²) in [5.41, 5.74) is -0.619. The molecule has 21 heavy (non-hydrogen) atoms. The quantitative estimate of drug-likeness (QED) is 0.379. The molecule has 0 aromatic heterocycles. The molecular formula is C15H28N2O4. The van der Waals surface area contributed by atoms with E-state index in [0.29, 0.717) is 19.4 Å². The van der Waals surface area contributed by atoms with Crippen molar-refractivity contribution >= 4 is 18.1 Å². The fourth-order valence-corrected chi connectivity index (χ4v) is 1.72. The molecule has 1 N–H and O–H groups in total. The Morgan fingerprint density at radius 1 is 1.24 bits per heavy atom. The lowest BCUT2D eigenvalue weighted by Crippen LogP contribution is -2.49. The molecular weight excluding hydrogens is 272 g/mol. The lowest BCUT2D eigenvalue weighted by Gasteiger charge is -2.31. The second-order valence-electron chi connectivity index (χ2n) is 5.95. The number of ketones is 1. The first-order chi connectivity index (χ1) is 9.76. The van der Waals surface area contributed by atoms with Gasteiger partial charge in [-0.05, 0) is 33.6 Å². The molecule has 0 aromatic rings. The van der Waals surface area contributed by atoms with Gasteiger partial charge in [-0.1, -0.05) is 26.7 Å². The predicted octanol–water partition coefficient (Wildman–Crippen LogP) is 1.83. The molecule has 0 saturated carbocycles. The Morgan fingerprint density at radius 2 is 1.86 bits per heavy atom. The summed E-state index contributed by atoms with van der Waals surface area (Å²) in [4.78, 5) is 40.8. The summed E-state index contributed by atoms with van der Waals surface area (Å²) in [6, 6.07) is -0.876. The number of unbranched alkanes of at least 4 members (excludes halogenated alkanes) is 1. The number of nitrogens with one attached hydrogen (secondary N) is 1. The van der Waals surface area contributed by atoms with Gasteiger partial charge >= 0.3 is 0 Å². The summed E-state index contributed by atoms with van der Waals surface area (Å²) < 4.78 is 0. The van der Waals surface area contributed by atoms with Gasteiger partial charge in [-0.15, -0.1) is 0 Å². The third-order valence-corrected chi connectivity index (χ3v) is 2.68. The van der Waals surface area contributed by atoms with Crippen LogP contribution in [0.1, 0.15) is 60.3 Å². The molecule has 0 aliphatic carbocycles. The zero-order valence-corrected chi connectivity index (χ0v) is 13.8. The zero-order valence-electron chi connectivity index (χ0n) is 13.8. The smallest absolute Gasteiger partial charge is 0.289 e. The van der Waals surface area contributed by atoms with Gasteiger partial charge in [0.15, 0.2) is 0 Å². The normalized spacial score (nSPS) is 12.6. The van der Waals surface area contributed by atoms with Crippen molar-refractivity contribution in [2.75, 3.05) is 6.54 Å². The second-order valence-corrected chi connectivity index (χ2v) is 5.95. The molecule has 0 fully saturated rings. The molecule has 0 spiro atoms. The molecule has 0 aromatic carbocycles. The Bertz CT molecular complexity index is 350. The van der Waals surface area contributed by atoms with Gasteiger partial charge in [0, 0.05) is 6.54 Å². The van der Waals surface area contributed by atoms with Crippen LogP contribution in [0.3, 0.4) is 0 Å². The van der Waals surface area contributed by atoms with Crippen molar-refractivity contribution in [2.45, 2.75) is 71.9 Å². The number of hydrogen-bond donors (Lipinski definition) is 1. The lowest BCUT2D eigenvalue weighted by molar-refractivity contribution is -0.231. The summed E-state index contributed by atoms with van der Waals surface area (Å²) in [5, 5.41) is 3.52. The van der Waals surface area contributed by atoms with Gasteiger partial charge in [-0.2, -0.15) is 0 Å². The molecule has 0 heterocycles. The molecule has 0 rings (SSSR count). The number of nitrogens with zero attached hydrogens (tertiary/aromatic N) is 1. The molecule has 6 heteroatoms. The number of carbonyl (C=O) groups excluding carboxylic acids is 3. The number of carbonyl (C=O) groups is 3. The Labute approximate surface area is 127 Å². The van der Waals surface area contributed by atoms with E-state index in [0.717, 1.165) is 24.3 Å². The maximum atomic E-state index is 12.2. The van der Waals surface area contributed by atoms with Crippen molar-refractivity contribution in [2.24, 2.45) is 0 Å². The highest BCUT2D eigenvalue weighted by atomic mass is 16.7. The fraction of sp³-hybridized carbons (Fsp3) is 0.800. The van der Waals surface area contributed by atoms with E-state index in [1.54, 1.807) is 20.8 Å². The lowest BCUT2D eigenvalue weighted by atomic mass is 10.0. The topological polar surface area (TPSA) is 75.7 Å². The van der Waals surface area contributed by atoms with Crippen LogP contribution in [0.2, 0.25) is 0 Å². The average molecular weight is 300 g/mol. The second kappa shape index (κ2) is 9.50. The standard InChI is InChI=1S/C15H28N2O4/c1-6-8-9-12(13(19)14(20)16-10-7-2)17(11-18)21-15(3,4)5/h11-12H,6-10H2,1-5H3,(H,16,20)/t12-/m0/s1. The molecule has 0 aliphatic heterocycles. The summed E-state index contributed by atoms with van der Waals surface area (Å²) in [7, 11) is 0. The van der Waals surface area contributed by atoms with Gasteiger partial charge in [0.05, 0.1) is 5.60 Å². The van der Waals surface area contributed by atoms with E-state index in [1.807, 2.05) is 13.8 Å². The molecule has 0 bridgehead atoms. The third-order valence-electron chi connectivity index (χ3n) is 2.68. The Morgan fingerprint density at radius 3 is 2.29 bits per heavy atom. The fourth-order valence-electron chi connectivity index (χ4n) is 1.72. The zero-order chi connectivity index (χ0) is 16.5. The van der Waals surface area contributed by atoms with E-state index in [9.17, 15) is 14.4 Å². The first kappa shape index (κ1) is 19.6. The van der Waals surface area contributed by atoms with Crippen LogP contribution in [0.25, 0.3) is 0 Å². The first-order valence-corrected chi connectivity index (χ1v) is 7.51. The number of rotatable bonds is 10. The molecule has 0 unspecified atom stereocenters. The van der Waals surface area contributed by atoms with E-state index in [1.165, 1.54) is 0 Å². The molecule has 2 amide bonds. The predicted molar refractivity (Wildman–Crippen MR) is 80.4 cm³/mol. The molecule has 122 valence electrons. The van der Waals surface area contributed by atoms with Crippen LogP contribution in [0.4, 0.5) is 0 Å². The van der Waals surface area contributed by atoms with Crippen LogP contribution in [-0.4, -0.2) is 41.4 Å². The molecule has 0 aliphatic rings.